The first-order chi connectivity index (χ1) is 27.3. The molecule has 3 nitrogen and oxygen atoms in total. The quantitative estimate of drug-likeness (QED) is 0.192. The molecule has 1 aliphatic rings. The van der Waals surface area contributed by atoms with Crippen LogP contribution in [0.4, 0.5) is 11.4 Å². The van der Waals surface area contributed by atoms with Gasteiger partial charge in [0.1, 0.15) is 0 Å². The van der Waals surface area contributed by atoms with Gasteiger partial charge in [0.05, 0.1) is 39.8 Å². The van der Waals surface area contributed by atoms with Gasteiger partial charge >= 0.3 is 0 Å². The summed E-state index contributed by atoms with van der Waals surface area (Å²) in [5.41, 5.74) is 9.05. The Balaban J connectivity index is 1.07. The molecule has 1 N–H and O–H groups in total. The molecule has 0 saturated heterocycles. The third-order valence-electron chi connectivity index (χ3n) is 11.8. The molecule has 0 spiro atoms. The van der Waals surface area contributed by atoms with Crippen LogP contribution in [0.2, 0.25) is 0 Å². The minimum absolute atomic E-state index is 0.153. The molecule has 3 aromatic heterocycles. The fourth-order valence-corrected chi connectivity index (χ4v) is 11.8. The Labute approximate surface area is 323 Å². The van der Waals surface area contributed by atoms with E-state index in [2.05, 4.69) is 174 Å². The Morgan fingerprint density at radius 2 is 1.11 bits per heavy atom. The number of thiophene rings is 1. The monoisotopic (exact) mass is 735 g/mol. The summed E-state index contributed by atoms with van der Waals surface area (Å²) in [6, 6.07) is 60.3. The molecular weight excluding hydrogens is 707 g/mol. The van der Waals surface area contributed by atoms with E-state index in [9.17, 15) is 0 Å². The van der Waals surface area contributed by atoms with Gasteiger partial charge in [-0.3, -0.25) is 0 Å². The van der Waals surface area contributed by atoms with Gasteiger partial charge in [-0.15, -0.1) is 22.7 Å². The number of aromatic nitrogens is 1. The SMILES string of the molecule is c1ccc2c(c1)N=C(c1ccc3c(c1)sc1ccccc13)C(c1ccc(-n3c4ccc5cccc6sc7cccc8ccc3c(c87)c4c56)c3ccccc13)N2. The summed E-state index contributed by atoms with van der Waals surface area (Å²) < 4.78 is 7.74. The summed E-state index contributed by atoms with van der Waals surface area (Å²) in [6.45, 7) is 0. The van der Waals surface area contributed by atoms with Crippen LogP contribution >= 0.6 is 22.7 Å². The third kappa shape index (κ3) is 4.11. The first kappa shape index (κ1) is 29.9. The lowest BCUT2D eigenvalue weighted by atomic mass is 9.90. The second kappa shape index (κ2) is 11.0. The molecule has 55 heavy (non-hydrogen) atoms. The van der Waals surface area contributed by atoms with E-state index in [1.54, 1.807) is 0 Å². The van der Waals surface area contributed by atoms with E-state index in [-0.39, 0.29) is 6.04 Å². The fourth-order valence-electron chi connectivity index (χ4n) is 9.43. The van der Waals surface area contributed by atoms with Gasteiger partial charge in [-0.05, 0) is 81.9 Å². The van der Waals surface area contributed by atoms with Gasteiger partial charge < -0.3 is 9.88 Å². The molecule has 0 aliphatic carbocycles. The van der Waals surface area contributed by atoms with Crippen LogP contribution in [-0.4, -0.2) is 10.3 Å². The fraction of sp³-hybridized carbons (Fsp3) is 0.0200. The molecule has 4 heterocycles. The molecule has 12 aromatic rings. The van der Waals surface area contributed by atoms with E-state index in [4.69, 9.17) is 4.99 Å². The maximum absolute atomic E-state index is 5.42. The highest BCUT2D eigenvalue weighted by Gasteiger charge is 2.29. The Bertz CT molecular complexity index is 3500. The van der Waals surface area contributed by atoms with Crippen molar-refractivity contribution in [2.75, 3.05) is 5.32 Å². The molecule has 1 aliphatic heterocycles. The average molecular weight is 736 g/mol. The van der Waals surface area contributed by atoms with Crippen LogP contribution in [0.1, 0.15) is 17.2 Å². The molecule has 13 rings (SSSR count). The van der Waals surface area contributed by atoms with Crippen molar-refractivity contribution in [3.63, 3.8) is 0 Å². The van der Waals surface area contributed by atoms with Gasteiger partial charge in [0.15, 0.2) is 0 Å². The summed E-state index contributed by atoms with van der Waals surface area (Å²) in [7, 11) is 0. The number of rotatable bonds is 3. The molecule has 0 fully saturated rings. The molecule has 1 unspecified atom stereocenters. The lowest BCUT2D eigenvalue weighted by Gasteiger charge is -2.29. The lowest BCUT2D eigenvalue weighted by Crippen LogP contribution is -2.25. The molecule has 5 heteroatoms. The highest BCUT2D eigenvalue weighted by atomic mass is 32.1. The predicted molar refractivity (Wildman–Crippen MR) is 238 cm³/mol. The zero-order valence-corrected chi connectivity index (χ0v) is 31.0. The molecule has 0 saturated carbocycles. The van der Waals surface area contributed by atoms with Crippen molar-refractivity contribution in [3.8, 4) is 5.69 Å². The topological polar surface area (TPSA) is 29.3 Å². The second-order valence-corrected chi connectivity index (χ2v) is 16.9. The van der Waals surface area contributed by atoms with E-state index < -0.39 is 0 Å². The molecule has 1 atom stereocenters. The van der Waals surface area contributed by atoms with Crippen LogP contribution in [0.15, 0.2) is 169 Å². The van der Waals surface area contributed by atoms with E-state index in [1.807, 2.05) is 22.7 Å². The molecule has 256 valence electrons. The van der Waals surface area contributed by atoms with E-state index in [0.29, 0.717) is 0 Å². The average Bonchev–Trinajstić information content (AvgIpc) is 3.73. The minimum atomic E-state index is -0.153. The van der Waals surface area contributed by atoms with Crippen LogP contribution in [0, 0.1) is 0 Å². The molecular formula is C50H29N3S2. The number of nitrogens with zero attached hydrogens (tertiary/aromatic N) is 2. The first-order valence-electron chi connectivity index (χ1n) is 18.7. The highest BCUT2D eigenvalue weighted by Crippen LogP contribution is 2.48. The number of hydrogen-bond acceptors (Lipinski definition) is 4. The number of aliphatic imine (C=N–C) groups is 1. The van der Waals surface area contributed by atoms with Crippen LogP contribution < -0.4 is 5.32 Å². The minimum Gasteiger partial charge on any atom is -0.371 e. The number of anilines is 1. The predicted octanol–water partition coefficient (Wildman–Crippen LogP) is 14.6. The van der Waals surface area contributed by atoms with Gasteiger partial charge in [0.2, 0.25) is 0 Å². The summed E-state index contributed by atoms with van der Waals surface area (Å²) in [4.78, 5) is 5.42. The number of nitrogens with one attached hydrogen (secondary N) is 1. The van der Waals surface area contributed by atoms with Gasteiger partial charge in [-0.25, -0.2) is 4.99 Å². The van der Waals surface area contributed by atoms with E-state index >= 15 is 0 Å². The summed E-state index contributed by atoms with van der Waals surface area (Å²) >= 11 is 3.75. The van der Waals surface area contributed by atoms with Crippen molar-refractivity contribution < 1.29 is 0 Å². The third-order valence-corrected chi connectivity index (χ3v) is 14.1. The van der Waals surface area contributed by atoms with Crippen molar-refractivity contribution in [2.24, 2.45) is 4.99 Å². The zero-order valence-electron chi connectivity index (χ0n) is 29.4. The largest absolute Gasteiger partial charge is 0.371 e. The summed E-state index contributed by atoms with van der Waals surface area (Å²) in [5.74, 6) is 0. The smallest absolute Gasteiger partial charge is 0.0953 e. The standard InChI is InChI=1S/C50H29N3S2/c1-2-12-32-31(11-1)35(50-49(51-36-14-4-5-15-37(36)52-50)30-19-22-34-33-13-3-6-16-41(33)54-44(34)27-30)23-26-38(32)53-39-24-20-28-9-7-17-42-45(28)47(39)48-40(53)25-21-29-10-8-18-43(55-42)46(29)48/h1-27,50,52H. The van der Waals surface area contributed by atoms with Crippen molar-refractivity contribution in [1.82, 2.24) is 4.57 Å². The summed E-state index contributed by atoms with van der Waals surface area (Å²) in [5, 5.41) is 16.9. The van der Waals surface area contributed by atoms with Crippen molar-refractivity contribution in [2.45, 2.75) is 6.04 Å². The maximum atomic E-state index is 5.42. The number of fused-ring (bicyclic) bond motifs is 5. The zero-order chi connectivity index (χ0) is 35.8. The molecule has 0 radical (unpaired) electrons. The molecule has 0 bridgehead atoms. The molecule has 9 aromatic carbocycles. The van der Waals surface area contributed by atoms with Crippen LogP contribution in [-0.2, 0) is 0 Å². The van der Waals surface area contributed by atoms with Crippen LogP contribution in [0.3, 0.4) is 0 Å². The van der Waals surface area contributed by atoms with Crippen molar-refractivity contribution in [1.29, 1.82) is 0 Å². The first-order valence-corrected chi connectivity index (χ1v) is 20.4. The number of benzene rings is 9. The van der Waals surface area contributed by atoms with Gasteiger partial charge in [0, 0.05) is 56.5 Å². The van der Waals surface area contributed by atoms with E-state index in [1.165, 1.54) is 94.9 Å². The normalized spacial score (nSPS) is 14.6. The van der Waals surface area contributed by atoms with Crippen LogP contribution in [0.5, 0.6) is 0 Å². The van der Waals surface area contributed by atoms with Crippen molar-refractivity contribution in [3.05, 3.63) is 175 Å². The number of hydrogen-bond donors (Lipinski definition) is 1. The summed E-state index contributed by atoms with van der Waals surface area (Å²) in [6.07, 6.45) is 0. The van der Waals surface area contributed by atoms with Gasteiger partial charge in [-0.2, -0.15) is 0 Å². The number of para-hydroxylation sites is 2. The molecule has 0 amide bonds. The Morgan fingerprint density at radius 3 is 1.89 bits per heavy atom. The van der Waals surface area contributed by atoms with E-state index in [0.717, 1.165) is 22.6 Å². The Morgan fingerprint density at radius 1 is 0.473 bits per heavy atom. The Kier molecular flexibility index (Phi) is 5.98. The Hall–Kier alpha value is -6.53. The maximum Gasteiger partial charge on any atom is 0.0953 e. The van der Waals surface area contributed by atoms with Crippen molar-refractivity contribution >= 4 is 123 Å². The van der Waals surface area contributed by atoms with Crippen LogP contribution in [0.25, 0.3) is 89.4 Å². The van der Waals surface area contributed by atoms with Gasteiger partial charge in [0.25, 0.3) is 0 Å². The lowest BCUT2D eigenvalue weighted by molar-refractivity contribution is 1.02. The highest BCUT2D eigenvalue weighted by molar-refractivity contribution is 7.26. The van der Waals surface area contributed by atoms with Gasteiger partial charge in [-0.1, -0.05) is 109 Å². The second-order valence-electron chi connectivity index (χ2n) is 14.7.